The second kappa shape index (κ2) is 5.44. The number of nitrogens with zero attached hydrogens (tertiary/aromatic N) is 2. The molecule has 1 N–H and O–H groups in total. The molecule has 0 atom stereocenters. The van der Waals surface area contributed by atoms with Gasteiger partial charge in [-0.15, -0.1) is 11.6 Å². The van der Waals surface area contributed by atoms with Gasteiger partial charge in [-0.25, -0.2) is 0 Å². The molecule has 0 unspecified atom stereocenters. The van der Waals surface area contributed by atoms with Crippen LogP contribution in [0.15, 0.2) is 24.4 Å². The summed E-state index contributed by atoms with van der Waals surface area (Å²) in [5, 5.41) is 6.65. The van der Waals surface area contributed by atoms with Crippen LogP contribution in [-0.2, 0) is 7.05 Å². The number of nitrogens with one attached hydrogen (secondary N) is 1. The third-order valence-electron chi connectivity index (χ3n) is 1.58. The highest BCUT2D eigenvalue weighted by Gasteiger charge is 2.05. The summed E-state index contributed by atoms with van der Waals surface area (Å²) in [5.74, 6) is 0.282. The van der Waals surface area contributed by atoms with E-state index in [-0.39, 0.29) is 5.91 Å². The highest BCUT2D eigenvalue weighted by molar-refractivity contribution is 6.18. The van der Waals surface area contributed by atoms with Gasteiger partial charge < -0.3 is 5.32 Å². The van der Waals surface area contributed by atoms with Gasteiger partial charge in [0.15, 0.2) is 0 Å². The summed E-state index contributed by atoms with van der Waals surface area (Å²) in [7, 11) is 1.77. The summed E-state index contributed by atoms with van der Waals surface area (Å²) in [5.41, 5.74) is 0.423. The van der Waals surface area contributed by atoms with E-state index in [9.17, 15) is 4.79 Å². The third kappa shape index (κ3) is 3.22. The molecule has 5 heteroatoms. The van der Waals surface area contributed by atoms with Crippen LogP contribution in [0.3, 0.4) is 0 Å². The first kappa shape index (κ1) is 10.8. The van der Waals surface area contributed by atoms with Crippen molar-refractivity contribution >= 4 is 17.5 Å². The van der Waals surface area contributed by atoms with Gasteiger partial charge in [0.1, 0.15) is 5.69 Å². The minimum Gasteiger partial charge on any atom is -0.347 e. The zero-order valence-corrected chi connectivity index (χ0v) is 8.66. The summed E-state index contributed by atoms with van der Waals surface area (Å²) in [6.07, 6.45) is 5.30. The Morgan fingerprint density at radius 3 is 3.07 bits per heavy atom. The molecule has 1 heterocycles. The van der Waals surface area contributed by atoms with Gasteiger partial charge in [0.25, 0.3) is 5.91 Å². The molecule has 0 aliphatic rings. The average molecular weight is 214 g/mol. The third-order valence-corrected chi connectivity index (χ3v) is 1.76. The van der Waals surface area contributed by atoms with Crippen LogP contribution in [0.5, 0.6) is 0 Å². The SMILES string of the molecule is Cn1ccc(C(=O)NC/C=C/CCl)n1. The molecule has 4 nitrogen and oxygen atoms in total. The molecular formula is C9H12ClN3O. The highest BCUT2D eigenvalue weighted by Crippen LogP contribution is 1.92. The van der Waals surface area contributed by atoms with Crippen molar-refractivity contribution in [2.45, 2.75) is 0 Å². The summed E-state index contributed by atoms with van der Waals surface area (Å²) in [6, 6.07) is 1.67. The Labute approximate surface area is 87.6 Å². The Bertz CT molecular complexity index is 333. The molecule has 0 fully saturated rings. The van der Waals surface area contributed by atoms with Gasteiger partial charge in [-0.2, -0.15) is 5.10 Å². The Morgan fingerprint density at radius 1 is 1.71 bits per heavy atom. The lowest BCUT2D eigenvalue weighted by Crippen LogP contribution is -2.23. The van der Waals surface area contributed by atoms with Gasteiger partial charge in [-0.3, -0.25) is 9.48 Å². The predicted molar refractivity (Wildman–Crippen MR) is 55.4 cm³/mol. The lowest BCUT2D eigenvalue weighted by Gasteiger charge is -1.97. The van der Waals surface area contributed by atoms with Gasteiger partial charge >= 0.3 is 0 Å². The maximum Gasteiger partial charge on any atom is 0.272 e. The van der Waals surface area contributed by atoms with E-state index in [0.29, 0.717) is 18.1 Å². The lowest BCUT2D eigenvalue weighted by molar-refractivity contribution is 0.0952. The van der Waals surface area contributed by atoms with Crippen molar-refractivity contribution in [3.05, 3.63) is 30.1 Å². The molecule has 1 aromatic heterocycles. The fourth-order valence-electron chi connectivity index (χ4n) is 0.925. The molecule has 0 spiro atoms. The molecule has 0 aliphatic heterocycles. The van der Waals surface area contributed by atoms with Crippen LogP contribution in [0.2, 0.25) is 0 Å². The Morgan fingerprint density at radius 2 is 2.50 bits per heavy atom. The normalized spacial score (nSPS) is 10.7. The van der Waals surface area contributed by atoms with E-state index in [4.69, 9.17) is 11.6 Å². The van der Waals surface area contributed by atoms with Crippen molar-refractivity contribution in [3.63, 3.8) is 0 Å². The average Bonchev–Trinajstić information content (AvgIpc) is 2.59. The number of halogens is 1. The van der Waals surface area contributed by atoms with Crippen molar-refractivity contribution in [2.24, 2.45) is 7.05 Å². The smallest absolute Gasteiger partial charge is 0.272 e. The standard InChI is InChI=1S/C9H12ClN3O/c1-13-7-4-8(12-13)9(14)11-6-3-2-5-10/h2-4,7H,5-6H2,1H3,(H,11,14)/b3-2+. The van der Waals surface area contributed by atoms with E-state index in [1.54, 1.807) is 36.1 Å². The van der Waals surface area contributed by atoms with Crippen molar-refractivity contribution in [1.82, 2.24) is 15.1 Å². The van der Waals surface area contributed by atoms with Crippen LogP contribution in [0.1, 0.15) is 10.5 Å². The molecule has 1 aromatic rings. The molecule has 0 saturated carbocycles. The molecule has 76 valence electrons. The summed E-state index contributed by atoms with van der Waals surface area (Å²) >= 11 is 5.42. The van der Waals surface area contributed by atoms with Crippen LogP contribution in [-0.4, -0.2) is 28.1 Å². The molecular weight excluding hydrogens is 202 g/mol. The number of alkyl halides is 1. The number of carbonyl (C=O) groups excluding carboxylic acids is 1. The maximum atomic E-state index is 11.4. The largest absolute Gasteiger partial charge is 0.347 e. The molecule has 0 aliphatic carbocycles. The first-order chi connectivity index (χ1) is 6.74. The van der Waals surface area contributed by atoms with Crippen LogP contribution in [0.4, 0.5) is 0 Å². The van der Waals surface area contributed by atoms with Crippen LogP contribution in [0.25, 0.3) is 0 Å². The summed E-state index contributed by atoms with van der Waals surface area (Å²) < 4.78 is 1.59. The fourth-order valence-corrected chi connectivity index (χ4v) is 1.05. The van der Waals surface area contributed by atoms with Crippen molar-refractivity contribution < 1.29 is 4.79 Å². The number of hydrogen-bond acceptors (Lipinski definition) is 2. The number of aryl methyl sites for hydroxylation is 1. The molecule has 0 saturated heterocycles. The highest BCUT2D eigenvalue weighted by atomic mass is 35.5. The Hall–Kier alpha value is -1.29. The topological polar surface area (TPSA) is 46.9 Å². The van der Waals surface area contributed by atoms with Gasteiger partial charge in [-0.05, 0) is 6.07 Å². The monoisotopic (exact) mass is 213 g/mol. The number of carbonyl (C=O) groups is 1. The van der Waals surface area contributed by atoms with Crippen LogP contribution < -0.4 is 5.32 Å². The van der Waals surface area contributed by atoms with E-state index in [0.717, 1.165) is 0 Å². The molecule has 0 bridgehead atoms. The summed E-state index contributed by atoms with van der Waals surface area (Å²) in [6.45, 7) is 0.474. The minimum absolute atomic E-state index is 0.176. The molecule has 0 aromatic carbocycles. The van der Waals surface area contributed by atoms with Gasteiger partial charge in [0.2, 0.25) is 0 Å². The number of rotatable bonds is 4. The molecule has 0 radical (unpaired) electrons. The first-order valence-corrected chi connectivity index (χ1v) is 4.76. The zero-order chi connectivity index (χ0) is 10.4. The number of aromatic nitrogens is 2. The van der Waals surface area contributed by atoms with E-state index >= 15 is 0 Å². The van der Waals surface area contributed by atoms with E-state index in [1.165, 1.54) is 0 Å². The van der Waals surface area contributed by atoms with E-state index in [1.807, 2.05) is 0 Å². The first-order valence-electron chi connectivity index (χ1n) is 4.23. The maximum absolute atomic E-state index is 11.4. The number of allylic oxidation sites excluding steroid dienone is 1. The second-order valence-corrected chi connectivity index (χ2v) is 3.02. The van der Waals surface area contributed by atoms with Crippen molar-refractivity contribution in [1.29, 1.82) is 0 Å². The van der Waals surface area contributed by atoms with Crippen LogP contribution in [0, 0.1) is 0 Å². The van der Waals surface area contributed by atoms with Crippen LogP contribution >= 0.6 is 11.6 Å². The van der Waals surface area contributed by atoms with Crippen molar-refractivity contribution in [3.8, 4) is 0 Å². The number of hydrogen-bond donors (Lipinski definition) is 1. The zero-order valence-electron chi connectivity index (χ0n) is 7.90. The van der Waals surface area contributed by atoms with Gasteiger partial charge in [0, 0.05) is 25.7 Å². The molecule has 1 amide bonds. The van der Waals surface area contributed by atoms with Crippen molar-refractivity contribution in [2.75, 3.05) is 12.4 Å². The number of amides is 1. The van der Waals surface area contributed by atoms with E-state index < -0.39 is 0 Å². The van der Waals surface area contributed by atoms with Gasteiger partial charge in [0.05, 0.1) is 0 Å². The van der Waals surface area contributed by atoms with E-state index in [2.05, 4.69) is 10.4 Å². The molecule has 14 heavy (non-hydrogen) atoms. The summed E-state index contributed by atoms with van der Waals surface area (Å²) in [4.78, 5) is 11.4. The minimum atomic E-state index is -0.176. The lowest BCUT2D eigenvalue weighted by atomic mass is 10.4. The van der Waals surface area contributed by atoms with Gasteiger partial charge in [-0.1, -0.05) is 12.2 Å². The fraction of sp³-hybridized carbons (Fsp3) is 0.333. The molecule has 1 rings (SSSR count). The Kier molecular flexibility index (Phi) is 4.19. The second-order valence-electron chi connectivity index (χ2n) is 2.71. The predicted octanol–water partition coefficient (Wildman–Crippen LogP) is 0.945. The quantitative estimate of drug-likeness (QED) is 0.598. The Balaban J connectivity index is 2.39.